The summed E-state index contributed by atoms with van der Waals surface area (Å²) in [7, 11) is 1.87. The summed E-state index contributed by atoms with van der Waals surface area (Å²) in [6, 6.07) is 5.16. The lowest BCUT2D eigenvalue weighted by Gasteiger charge is -2.44. The highest BCUT2D eigenvalue weighted by atomic mass is 19.1. The predicted octanol–water partition coefficient (Wildman–Crippen LogP) is 2.19. The maximum absolute atomic E-state index is 15.2. The van der Waals surface area contributed by atoms with Gasteiger partial charge in [-0.3, -0.25) is 4.98 Å². The van der Waals surface area contributed by atoms with Crippen LogP contribution in [0.3, 0.4) is 0 Å². The molecular weight excluding hydrogens is 399 g/mol. The topological polar surface area (TPSA) is 105 Å². The number of halogens is 1. The summed E-state index contributed by atoms with van der Waals surface area (Å²) in [6.07, 6.45) is 4.85. The van der Waals surface area contributed by atoms with Gasteiger partial charge in [-0.15, -0.1) is 15.0 Å². The highest BCUT2D eigenvalue weighted by molar-refractivity contribution is 5.68. The first kappa shape index (κ1) is 19.8. The van der Waals surface area contributed by atoms with E-state index < -0.39 is 11.7 Å². The van der Waals surface area contributed by atoms with Crippen LogP contribution in [0.2, 0.25) is 0 Å². The normalized spacial score (nSPS) is 27.4. The lowest BCUT2D eigenvalue weighted by molar-refractivity contribution is 0.111. The van der Waals surface area contributed by atoms with Gasteiger partial charge in [-0.2, -0.15) is 0 Å². The van der Waals surface area contributed by atoms with Gasteiger partial charge in [0, 0.05) is 30.3 Å². The molecule has 0 radical (unpaired) electrons. The lowest BCUT2D eigenvalue weighted by atomic mass is 9.86. The number of aryl methyl sites for hydroxylation is 1. The number of piperidine rings is 1. The first-order valence-electron chi connectivity index (χ1n) is 10.4. The van der Waals surface area contributed by atoms with E-state index in [0.29, 0.717) is 34.6 Å². The molecule has 2 saturated heterocycles. The summed E-state index contributed by atoms with van der Waals surface area (Å²) in [5.74, 6) is 1.19. The Balaban J connectivity index is 1.36. The number of phenolic OH excluding ortho intramolecular Hbond substituents is 1. The highest BCUT2D eigenvalue weighted by Crippen LogP contribution is 2.40. The van der Waals surface area contributed by atoms with E-state index in [1.807, 2.05) is 18.9 Å². The van der Waals surface area contributed by atoms with Gasteiger partial charge in [0.1, 0.15) is 17.7 Å². The van der Waals surface area contributed by atoms with Crippen LogP contribution in [0.5, 0.6) is 5.75 Å². The van der Waals surface area contributed by atoms with Crippen LogP contribution >= 0.6 is 0 Å². The molecule has 2 N–H and O–H groups in total. The number of anilines is 1. The second-order valence-corrected chi connectivity index (χ2v) is 8.70. The van der Waals surface area contributed by atoms with Crippen molar-refractivity contribution in [1.82, 2.24) is 35.5 Å². The molecule has 2 bridgehead atoms. The summed E-state index contributed by atoms with van der Waals surface area (Å²) < 4.78 is 15.2. The fraction of sp³-hybridized carbons (Fsp3) is 0.476. The molecule has 0 amide bonds. The second-order valence-electron chi connectivity index (χ2n) is 8.70. The molecule has 5 rings (SSSR count). The number of nitrogens with one attached hydrogen (secondary N) is 1. The maximum Gasteiger partial charge on any atom is 0.172 e. The summed E-state index contributed by atoms with van der Waals surface area (Å²) in [5, 5.41) is 25.8. The van der Waals surface area contributed by atoms with Crippen LogP contribution in [0, 0.1) is 6.92 Å². The van der Waals surface area contributed by atoms with E-state index in [4.69, 9.17) is 0 Å². The average molecular weight is 424 g/mol. The van der Waals surface area contributed by atoms with Crippen molar-refractivity contribution in [3.8, 4) is 22.7 Å². The van der Waals surface area contributed by atoms with Gasteiger partial charge >= 0.3 is 0 Å². The van der Waals surface area contributed by atoms with E-state index in [1.54, 1.807) is 37.5 Å². The van der Waals surface area contributed by atoms with Gasteiger partial charge < -0.3 is 15.3 Å². The molecule has 3 aromatic rings. The van der Waals surface area contributed by atoms with Crippen molar-refractivity contribution in [3.63, 3.8) is 0 Å². The largest absolute Gasteiger partial charge is 0.507 e. The third-order valence-corrected chi connectivity index (χ3v) is 6.52. The SMILES string of the molecule is Cc1nnn(-c2ccc(-c3cnc(N(C)[C@@H]4C[C@H]5CC[C@](C)(N5)[C@H]4F)cn3)c(O)c2)n1. The highest BCUT2D eigenvalue weighted by Gasteiger charge is 2.51. The van der Waals surface area contributed by atoms with Crippen molar-refractivity contribution in [1.29, 1.82) is 0 Å². The van der Waals surface area contributed by atoms with Gasteiger partial charge in [-0.25, -0.2) is 9.37 Å². The fourth-order valence-electron chi connectivity index (χ4n) is 4.74. The van der Waals surface area contributed by atoms with E-state index >= 15 is 4.39 Å². The van der Waals surface area contributed by atoms with Crippen molar-refractivity contribution >= 4 is 5.82 Å². The Labute approximate surface area is 179 Å². The number of fused-ring (bicyclic) bond motifs is 2. The number of phenols is 1. The van der Waals surface area contributed by atoms with Gasteiger partial charge in [0.15, 0.2) is 5.82 Å². The molecule has 31 heavy (non-hydrogen) atoms. The Morgan fingerprint density at radius 3 is 2.81 bits per heavy atom. The van der Waals surface area contributed by atoms with Gasteiger partial charge in [-0.1, -0.05) is 0 Å². The van der Waals surface area contributed by atoms with Gasteiger partial charge in [0.05, 0.1) is 29.8 Å². The Bertz CT molecular complexity index is 1100. The third-order valence-electron chi connectivity index (χ3n) is 6.52. The Kier molecular flexibility index (Phi) is 4.62. The number of hydrogen-bond acceptors (Lipinski definition) is 8. The molecule has 2 aliphatic rings. The van der Waals surface area contributed by atoms with E-state index in [0.717, 1.165) is 19.3 Å². The average Bonchev–Trinajstić information content (AvgIpc) is 3.34. The van der Waals surface area contributed by atoms with Crippen molar-refractivity contribution in [2.24, 2.45) is 0 Å². The van der Waals surface area contributed by atoms with Crippen LogP contribution in [0.25, 0.3) is 16.9 Å². The molecule has 4 heterocycles. The number of tetrazole rings is 1. The van der Waals surface area contributed by atoms with Crippen LogP contribution in [-0.4, -0.2) is 66.1 Å². The van der Waals surface area contributed by atoms with E-state index in [1.165, 1.54) is 4.80 Å². The molecule has 9 nitrogen and oxygen atoms in total. The molecule has 0 saturated carbocycles. The molecule has 0 aliphatic carbocycles. The molecule has 2 fully saturated rings. The number of alkyl halides is 1. The van der Waals surface area contributed by atoms with Crippen molar-refractivity contribution in [2.45, 2.75) is 56.9 Å². The molecule has 0 unspecified atom stereocenters. The van der Waals surface area contributed by atoms with Gasteiger partial charge in [0.25, 0.3) is 0 Å². The first-order chi connectivity index (χ1) is 14.8. The zero-order chi connectivity index (χ0) is 21.8. The van der Waals surface area contributed by atoms with E-state index in [-0.39, 0.29) is 11.8 Å². The number of rotatable bonds is 4. The maximum atomic E-state index is 15.2. The minimum atomic E-state index is -0.983. The Hall–Kier alpha value is -3.14. The summed E-state index contributed by atoms with van der Waals surface area (Å²) in [5.41, 5.74) is 1.19. The number of aromatic hydroxyl groups is 1. The number of nitrogens with zero attached hydrogens (tertiary/aromatic N) is 7. The minimum absolute atomic E-state index is 0.0366. The van der Waals surface area contributed by atoms with E-state index in [2.05, 4.69) is 30.7 Å². The van der Waals surface area contributed by atoms with Crippen LogP contribution < -0.4 is 10.2 Å². The zero-order valence-electron chi connectivity index (χ0n) is 17.7. The second kappa shape index (κ2) is 7.23. The van der Waals surface area contributed by atoms with Crippen molar-refractivity contribution in [3.05, 3.63) is 36.4 Å². The molecular formula is C21H25FN8O. The van der Waals surface area contributed by atoms with Crippen LogP contribution in [0.15, 0.2) is 30.6 Å². The smallest absolute Gasteiger partial charge is 0.172 e. The number of benzene rings is 1. The monoisotopic (exact) mass is 424 g/mol. The fourth-order valence-corrected chi connectivity index (χ4v) is 4.74. The molecule has 162 valence electrons. The van der Waals surface area contributed by atoms with Gasteiger partial charge in [0.2, 0.25) is 0 Å². The van der Waals surface area contributed by atoms with E-state index in [9.17, 15) is 5.11 Å². The molecule has 4 atom stereocenters. The molecule has 2 aromatic heterocycles. The lowest BCUT2D eigenvalue weighted by Crippen LogP contribution is -2.62. The molecule has 0 spiro atoms. The van der Waals surface area contributed by atoms with Crippen LogP contribution in [0.4, 0.5) is 10.2 Å². The quantitative estimate of drug-likeness (QED) is 0.657. The summed E-state index contributed by atoms with van der Waals surface area (Å²) in [6.45, 7) is 3.71. The number of aromatic nitrogens is 6. The number of hydrogen-bond donors (Lipinski definition) is 2. The van der Waals surface area contributed by atoms with Crippen molar-refractivity contribution in [2.75, 3.05) is 11.9 Å². The zero-order valence-corrected chi connectivity index (χ0v) is 17.7. The predicted molar refractivity (Wildman–Crippen MR) is 113 cm³/mol. The van der Waals surface area contributed by atoms with Crippen LogP contribution in [0.1, 0.15) is 32.0 Å². The molecule has 10 heteroatoms. The van der Waals surface area contributed by atoms with Gasteiger partial charge in [-0.05, 0) is 50.5 Å². The molecule has 2 aliphatic heterocycles. The Morgan fingerprint density at radius 1 is 1.29 bits per heavy atom. The minimum Gasteiger partial charge on any atom is -0.507 e. The first-order valence-corrected chi connectivity index (χ1v) is 10.4. The summed E-state index contributed by atoms with van der Waals surface area (Å²) in [4.78, 5) is 12.2. The van der Waals surface area contributed by atoms with Crippen molar-refractivity contribution < 1.29 is 9.50 Å². The summed E-state index contributed by atoms with van der Waals surface area (Å²) >= 11 is 0. The third kappa shape index (κ3) is 3.40. The molecule has 1 aromatic carbocycles. The standard InChI is InChI=1S/C21H25FN8O/c1-12-26-28-30(27-12)14-4-5-15(18(31)9-14)16-10-24-19(11-23-16)29(3)17-8-13-6-7-21(2,25-13)20(17)22/h4-5,9-11,13,17,20,25,31H,6-8H2,1-3H3/t13-,17-,20+,21+/m1/s1. The van der Waals surface area contributed by atoms with Crippen LogP contribution in [-0.2, 0) is 0 Å². The Morgan fingerprint density at radius 2 is 2.13 bits per heavy atom.